The molecule has 0 saturated carbocycles. The first-order valence-corrected chi connectivity index (χ1v) is 12.5. The maximum absolute atomic E-state index is 16.2. The summed E-state index contributed by atoms with van der Waals surface area (Å²) in [6.45, 7) is 7.71. The minimum atomic E-state index is -4.02. The highest BCUT2D eigenvalue weighted by molar-refractivity contribution is 7.51. The third-order valence-corrected chi connectivity index (χ3v) is 7.29. The average molecular weight is 500 g/mol. The number of halogens is 1. The van der Waals surface area contributed by atoms with Crippen molar-refractivity contribution in [2.45, 2.75) is 70.9 Å². The summed E-state index contributed by atoms with van der Waals surface area (Å²) in [4.78, 5) is 27.1. The number of aromatic nitrogens is 4. The van der Waals surface area contributed by atoms with Crippen molar-refractivity contribution >= 4 is 30.7 Å². The van der Waals surface area contributed by atoms with Crippen LogP contribution in [0.15, 0.2) is 6.33 Å². The van der Waals surface area contributed by atoms with Crippen LogP contribution in [-0.4, -0.2) is 76.2 Å². The lowest BCUT2D eigenvalue weighted by Gasteiger charge is -2.35. The third-order valence-electron chi connectivity index (χ3n) is 5.59. The highest BCUT2D eigenvalue weighted by Gasteiger charge is 2.61. The highest BCUT2D eigenvalue weighted by Crippen LogP contribution is 2.57. The van der Waals surface area contributed by atoms with Crippen molar-refractivity contribution < 1.29 is 32.3 Å². The number of hydrogen-bond donors (Lipinski definition) is 1. The molecule has 0 spiro atoms. The van der Waals surface area contributed by atoms with E-state index in [-0.39, 0.29) is 12.7 Å². The standard InChI is InChI=1S/C20H30FN6O6P/c1-10(2)31-18(28)11(3)25-34(29)30-8-13-15(33-34)20(5,21)19(32-13)27-9-22-14-16(26(6)7)23-12(4)24-17(14)27/h9-11,13,15,19H,8H2,1-7H3,(H,25,29)/t11-,13+,15+,19+,20+,34?/m0/s1. The lowest BCUT2D eigenvalue weighted by molar-refractivity contribution is -0.149. The number of nitrogens with zero attached hydrogens (tertiary/aromatic N) is 5. The summed E-state index contributed by atoms with van der Waals surface area (Å²) in [5, 5.41) is 2.53. The number of fused-ring (bicyclic) bond motifs is 2. The van der Waals surface area contributed by atoms with E-state index < -0.39 is 43.9 Å². The number of carbonyl (C=O) groups excluding carboxylic acids is 1. The number of rotatable bonds is 6. The number of alkyl halides is 1. The first-order valence-electron chi connectivity index (χ1n) is 11.0. The summed E-state index contributed by atoms with van der Waals surface area (Å²) < 4.78 is 53.0. The Balaban J connectivity index is 1.60. The fraction of sp³-hybridized carbons (Fsp3) is 0.700. The molecule has 12 nitrogen and oxygen atoms in total. The highest BCUT2D eigenvalue weighted by atomic mass is 31.2. The van der Waals surface area contributed by atoms with Gasteiger partial charge in [-0.05, 0) is 34.6 Å². The molecule has 34 heavy (non-hydrogen) atoms. The van der Waals surface area contributed by atoms with E-state index in [0.717, 1.165) is 0 Å². The molecule has 2 aromatic heterocycles. The molecule has 188 valence electrons. The Hall–Kier alpha value is -2.18. The molecular formula is C20H30FN6O6P. The fourth-order valence-corrected chi connectivity index (χ4v) is 5.80. The number of ether oxygens (including phenoxy) is 2. The molecule has 0 radical (unpaired) electrons. The molecule has 0 bridgehead atoms. The number of anilines is 1. The Kier molecular flexibility index (Phi) is 6.45. The fourth-order valence-electron chi connectivity index (χ4n) is 4.04. The zero-order chi connectivity index (χ0) is 25.0. The van der Waals surface area contributed by atoms with Crippen LogP contribution in [0.1, 0.15) is 39.7 Å². The minimum absolute atomic E-state index is 0.194. The molecule has 2 aliphatic heterocycles. The van der Waals surface area contributed by atoms with Gasteiger partial charge in [-0.2, -0.15) is 0 Å². The Bertz CT molecular complexity index is 1140. The van der Waals surface area contributed by atoms with Crippen LogP contribution in [0.5, 0.6) is 0 Å². The number of aryl methyl sites for hydroxylation is 1. The van der Waals surface area contributed by atoms with E-state index in [1.807, 2.05) is 14.1 Å². The summed E-state index contributed by atoms with van der Waals surface area (Å²) in [5.41, 5.74) is -1.24. The van der Waals surface area contributed by atoms with Crippen molar-refractivity contribution in [2.24, 2.45) is 0 Å². The van der Waals surface area contributed by atoms with E-state index in [2.05, 4.69) is 20.0 Å². The van der Waals surface area contributed by atoms with Crippen molar-refractivity contribution in [3.63, 3.8) is 0 Å². The van der Waals surface area contributed by atoms with Gasteiger partial charge in [0.05, 0.1) is 19.0 Å². The second-order valence-electron chi connectivity index (χ2n) is 9.15. The third kappa shape index (κ3) is 4.42. The number of nitrogens with one attached hydrogen (secondary N) is 1. The van der Waals surface area contributed by atoms with Crippen molar-refractivity contribution in [3.8, 4) is 0 Å². The lowest BCUT2D eigenvalue weighted by Crippen LogP contribution is -2.47. The van der Waals surface area contributed by atoms with E-state index in [1.54, 1.807) is 25.7 Å². The van der Waals surface area contributed by atoms with Gasteiger partial charge in [-0.25, -0.2) is 29.0 Å². The normalized spacial score (nSPS) is 32.1. The van der Waals surface area contributed by atoms with Crippen LogP contribution < -0.4 is 9.99 Å². The zero-order valence-electron chi connectivity index (χ0n) is 20.2. The van der Waals surface area contributed by atoms with Crippen LogP contribution in [0.2, 0.25) is 0 Å². The van der Waals surface area contributed by atoms with E-state index in [0.29, 0.717) is 22.8 Å². The smallest absolute Gasteiger partial charge is 0.406 e. The molecule has 6 atom stereocenters. The monoisotopic (exact) mass is 500 g/mol. The van der Waals surface area contributed by atoms with Gasteiger partial charge in [-0.1, -0.05) is 0 Å². The van der Waals surface area contributed by atoms with E-state index >= 15 is 4.39 Å². The van der Waals surface area contributed by atoms with Crippen LogP contribution in [0.25, 0.3) is 11.2 Å². The van der Waals surface area contributed by atoms with Gasteiger partial charge < -0.3 is 14.4 Å². The molecule has 0 amide bonds. The van der Waals surface area contributed by atoms with Gasteiger partial charge in [0.25, 0.3) is 0 Å². The Morgan fingerprint density at radius 1 is 1.38 bits per heavy atom. The molecule has 4 rings (SSSR count). The number of hydrogen-bond acceptors (Lipinski definition) is 10. The van der Waals surface area contributed by atoms with Crippen LogP contribution in [0.3, 0.4) is 0 Å². The minimum Gasteiger partial charge on any atom is -0.462 e. The molecule has 1 N–H and O–H groups in total. The van der Waals surface area contributed by atoms with Crippen LogP contribution >= 0.6 is 7.75 Å². The molecule has 2 fully saturated rings. The van der Waals surface area contributed by atoms with Crippen molar-refractivity contribution in [1.82, 2.24) is 24.6 Å². The predicted molar refractivity (Wildman–Crippen MR) is 120 cm³/mol. The molecule has 2 aliphatic rings. The molecule has 14 heteroatoms. The SMILES string of the molecule is Cc1nc(N(C)C)c2ncn([C@@H]3O[C@@H]4COP(=O)(N[C@@H](C)C(=O)OC(C)C)O[C@H]4[C@@]3(C)F)c2n1. The number of imidazole rings is 1. The first-order chi connectivity index (χ1) is 15.8. The van der Waals surface area contributed by atoms with Crippen LogP contribution in [-0.2, 0) is 27.9 Å². The van der Waals surface area contributed by atoms with E-state index in [4.69, 9.17) is 18.5 Å². The zero-order valence-corrected chi connectivity index (χ0v) is 21.1. The quantitative estimate of drug-likeness (QED) is 0.463. The number of carbonyl (C=O) groups is 1. The van der Waals surface area contributed by atoms with Gasteiger partial charge >= 0.3 is 13.7 Å². The van der Waals surface area contributed by atoms with E-state index in [9.17, 15) is 9.36 Å². The van der Waals surface area contributed by atoms with E-state index in [1.165, 1.54) is 24.7 Å². The lowest BCUT2D eigenvalue weighted by atomic mass is 9.98. The predicted octanol–water partition coefficient (Wildman–Crippen LogP) is 2.28. The molecule has 0 aliphatic carbocycles. The van der Waals surface area contributed by atoms with Gasteiger partial charge in [0, 0.05) is 14.1 Å². The molecule has 2 saturated heterocycles. The van der Waals surface area contributed by atoms with Crippen molar-refractivity contribution in [3.05, 3.63) is 12.2 Å². The van der Waals surface area contributed by atoms with Gasteiger partial charge in [-0.3, -0.25) is 18.4 Å². The van der Waals surface area contributed by atoms with Crippen molar-refractivity contribution in [1.29, 1.82) is 0 Å². The maximum atomic E-state index is 16.2. The number of esters is 1. The second kappa shape index (κ2) is 8.80. The average Bonchev–Trinajstić information content (AvgIpc) is 3.24. The van der Waals surface area contributed by atoms with Gasteiger partial charge in [0.15, 0.2) is 28.9 Å². The Morgan fingerprint density at radius 2 is 2.09 bits per heavy atom. The van der Waals surface area contributed by atoms with Gasteiger partial charge in [-0.15, -0.1) is 0 Å². The summed E-state index contributed by atoms with van der Waals surface area (Å²) >= 11 is 0. The summed E-state index contributed by atoms with van der Waals surface area (Å²) in [5.74, 6) is 0.456. The largest absolute Gasteiger partial charge is 0.462 e. The van der Waals surface area contributed by atoms with Crippen LogP contribution in [0.4, 0.5) is 10.2 Å². The second-order valence-corrected chi connectivity index (χ2v) is 10.9. The Labute approximate surface area is 196 Å². The van der Waals surface area contributed by atoms with Gasteiger partial charge in [0.1, 0.15) is 24.1 Å². The molecule has 4 heterocycles. The summed E-state index contributed by atoms with van der Waals surface area (Å²) in [6.07, 6.45) is -2.15. The van der Waals surface area contributed by atoms with Crippen LogP contribution in [0, 0.1) is 6.92 Å². The summed E-state index contributed by atoms with van der Waals surface area (Å²) in [7, 11) is -0.371. The Morgan fingerprint density at radius 3 is 2.74 bits per heavy atom. The topological polar surface area (TPSA) is 130 Å². The summed E-state index contributed by atoms with van der Waals surface area (Å²) in [6, 6.07) is -0.990. The molecule has 0 aromatic carbocycles. The van der Waals surface area contributed by atoms with Crippen molar-refractivity contribution in [2.75, 3.05) is 25.6 Å². The molecule has 1 unspecified atom stereocenters. The maximum Gasteiger partial charge on any atom is 0.406 e. The molecular weight excluding hydrogens is 470 g/mol. The molecule has 2 aromatic rings. The van der Waals surface area contributed by atoms with Gasteiger partial charge in [0.2, 0.25) is 0 Å². The first kappa shape index (κ1) is 24.9.